The molecule has 0 spiro atoms. The van der Waals surface area contributed by atoms with Crippen LogP contribution in [0.3, 0.4) is 0 Å². The Bertz CT molecular complexity index is 1100. The van der Waals surface area contributed by atoms with Crippen molar-refractivity contribution in [1.82, 2.24) is 4.31 Å². The second kappa shape index (κ2) is 7.73. The smallest absolute Gasteiger partial charge is 0.261 e. The van der Waals surface area contributed by atoms with Crippen molar-refractivity contribution >= 4 is 25.7 Å². The van der Waals surface area contributed by atoms with E-state index in [1.165, 1.54) is 16.6 Å². The Morgan fingerprint density at radius 2 is 1.82 bits per heavy atom. The van der Waals surface area contributed by atoms with Crippen molar-refractivity contribution in [3.05, 3.63) is 53.1 Å². The zero-order valence-corrected chi connectivity index (χ0v) is 17.7. The minimum atomic E-state index is -3.77. The van der Waals surface area contributed by atoms with Gasteiger partial charge in [-0.25, -0.2) is 16.8 Å². The van der Waals surface area contributed by atoms with E-state index in [9.17, 15) is 16.8 Å². The van der Waals surface area contributed by atoms with Gasteiger partial charge in [0, 0.05) is 18.8 Å². The quantitative estimate of drug-likeness (QED) is 0.769. The fourth-order valence-corrected chi connectivity index (χ4v) is 5.13. The molecule has 0 amide bonds. The van der Waals surface area contributed by atoms with Gasteiger partial charge in [0.15, 0.2) is 0 Å². The van der Waals surface area contributed by atoms with E-state index in [0.717, 1.165) is 16.7 Å². The fraction of sp³-hybridized carbons (Fsp3) is 0.368. The Morgan fingerprint density at radius 1 is 1.07 bits per heavy atom. The molecule has 0 aromatic heterocycles. The third-order valence-electron chi connectivity index (χ3n) is 4.66. The molecule has 2 aromatic carbocycles. The first kappa shape index (κ1) is 20.6. The van der Waals surface area contributed by atoms with E-state index in [1.807, 2.05) is 13.0 Å². The van der Waals surface area contributed by atoms with Gasteiger partial charge < -0.3 is 4.74 Å². The molecule has 1 N–H and O–H groups in total. The van der Waals surface area contributed by atoms with E-state index < -0.39 is 20.0 Å². The van der Waals surface area contributed by atoms with Crippen molar-refractivity contribution in [2.45, 2.75) is 31.7 Å². The predicted molar refractivity (Wildman–Crippen MR) is 109 cm³/mol. The zero-order chi connectivity index (χ0) is 20.5. The summed E-state index contributed by atoms with van der Waals surface area (Å²) in [7, 11) is -7.06. The number of hydrogen-bond donors (Lipinski definition) is 1. The molecule has 152 valence electrons. The van der Waals surface area contributed by atoms with Crippen molar-refractivity contribution in [3.63, 3.8) is 0 Å². The Kier molecular flexibility index (Phi) is 5.69. The van der Waals surface area contributed by atoms with E-state index in [2.05, 4.69) is 4.72 Å². The summed E-state index contributed by atoms with van der Waals surface area (Å²) < 4.78 is 58.5. The molecule has 0 bridgehead atoms. The second-order valence-corrected chi connectivity index (χ2v) is 10.5. The molecule has 1 heterocycles. The van der Waals surface area contributed by atoms with Crippen molar-refractivity contribution in [1.29, 1.82) is 0 Å². The van der Waals surface area contributed by atoms with Crippen LogP contribution in [-0.2, 0) is 33.0 Å². The molecule has 0 saturated carbocycles. The van der Waals surface area contributed by atoms with Crippen LogP contribution < -0.4 is 9.46 Å². The number of anilines is 1. The van der Waals surface area contributed by atoms with E-state index in [-0.39, 0.29) is 11.4 Å². The molecule has 0 radical (unpaired) electrons. The van der Waals surface area contributed by atoms with Gasteiger partial charge in [0.2, 0.25) is 10.0 Å². The highest BCUT2D eigenvalue weighted by molar-refractivity contribution is 7.92. The average molecular weight is 425 g/mol. The van der Waals surface area contributed by atoms with Crippen LogP contribution in [0, 0.1) is 6.92 Å². The third-order valence-corrected chi connectivity index (χ3v) is 7.29. The van der Waals surface area contributed by atoms with E-state index >= 15 is 0 Å². The summed E-state index contributed by atoms with van der Waals surface area (Å²) in [5.41, 5.74) is 2.97. The van der Waals surface area contributed by atoms with Gasteiger partial charge >= 0.3 is 0 Å². The van der Waals surface area contributed by atoms with Gasteiger partial charge in [0.05, 0.1) is 17.8 Å². The van der Waals surface area contributed by atoms with Crippen LogP contribution in [0.4, 0.5) is 5.69 Å². The number of hydrogen-bond acceptors (Lipinski definition) is 5. The molecule has 0 saturated heterocycles. The second-order valence-electron chi connectivity index (χ2n) is 6.80. The van der Waals surface area contributed by atoms with Crippen molar-refractivity contribution < 1.29 is 21.6 Å². The Morgan fingerprint density at radius 3 is 2.46 bits per heavy atom. The maximum atomic E-state index is 12.8. The van der Waals surface area contributed by atoms with Gasteiger partial charge in [-0.2, -0.15) is 4.31 Å². The van der Waals surface area contributed by atoms with Crippen molar-refractivity contribution in [2.24, 2.45) is 0 Å². The number of nitrogens with one attached hydrogen (secondary N) is 1. The minimum absolute atomic E-state index is 0.143. The lowest BCUT2D eigenvalue weighted by Gasteiger charge is -2.27. The first-order valence-electron chi connectivity index (χ1n) is 8.93. The van der Waals surface area contributed by atoms with Gasteiger partial charge in [-0.05, 0) is 67.3 Å². The topological polar surface area (TPSA) is 92.8 Å². The molecular formula is C19H24N2O5S2. The Balaban J connectivity index is 1.85. The van der Waals surface area contributed by atoms with Crippen LogP contribution in [0.2, 0.25) is 0 Å². The van der Waals surface area contributed by atoms with Gasteiger partial charge in [0.1, 0.15) is 5.75 Å². The summed E-state index contributed by atoms with van der Waals surface area (Å²) in [6, 6.07) is 9.96. The summed E-state index contributed by atoms with van der Waals surface area (Å²) in [5.74, 6) is 0.649. The molecule has 2 aromatic rings. The fourth-order valence-electron chi connectivity index (χ4n) is 3.20. The lowest BCUT2D eigenvalue weighted by atomic mass is 10.0. The van der Waals surface area contributed by atoms with Crippen molar-refractivity contribution in [2.75, 3.05) is 24.1 Å². The molecule has 0 atom stereocenters. The van der Waals surface area contributed by atoms with Gasteiger partial charge in [-0.1, -0.05) is 6.07 Å². The summed E-state index contributed by atoms with van der Waals surface area (Å²) in [4.78, 5) is 0.143. The summed E-state index contributed by atoms with van der Waals surface area (Å²) in [6.45, 7) is 4.84. The van der Waals surface area contributed by atoms with E-state index in [1.54, 1.807) is 31.2 Å². The van der Waals surface area contributed by atoms with Crippen LogP contribution in [-0.4, -0.2) is 40.5 Å². The number of rotatable bonds is 6. The Labute approximate surface area is 166 Å². The summed E-state index contributed by atoms with van der Waals surface area (Å²) in [5, 5.41) is 0. The standard InChI is InChI=1S/C19H24N2O5S2/c1-4-26-19-8-7-18(11-14(19)2)28(24,25)20-17-6-5-15-9-10-21(27(3,22)23)13-16(15)12-17/h5-8,11-12,20H,4,9-10,13H2,1-3H3. The van der Waals surface area contributed by atoms with Crippen LogP contribution in [0.5, 0.6) is 5.75 Å². The zero-order valence-electron chi connectivity index (χ0n) is 16.1. The van der Waals surface area contributed by atoms with Crippen LogP contribution in [0.1, 0.15) is 23.6 Å². The van der Waals surface area contributed by atoms with Crippen LogP contribution in [0.15, 0.2) is 41.3 Å². The third kappa shape index (κ3) is 4.48. The lowest BCUT2D eigenvalue weighted by Crippen LogP contribution is -2.35. The number of ether oxygens (including phenoxy) is 1. The predicted octanol–water partition coefficient (Wildman–Crippen LogP) is 2.51. The number of nitrogens with zero attached hydrogens (tertiary/aromatic N) is 1. The number of sulfonamides is 2. The number of benzene rings is 2. The van der Waals surface area contributed by atoms with E-state index in [0.29, 0.717) is 31.0 Å². The van der Waals surface area contributed by atoms with Crippen LogP contribution >= 0.6 is 0 Å². The summed E-state index contributed by atoms with van der Waals surface area (Å²) >= 11 is 0. The van der Waals surface area contributed by atoms with Gasteiger partial charge in [0.25, 0.3) is 10.0 Å². The first-order chi connectivity index (χ1) is 13.1. The molecule has 1 aliphatic rings. The molecule has 7 nitrogen and oxygen atoms in total. The van der Waals surface area contributed by atoms with Gasteiger partial charge in [-0.3, -0.25) is 4.72 Å². The molecule has 3 rings (SSSR count). The maximum absolute atomic E-state index is 12.8. The molecule has 0 unspecified atom stereocenters. The van der Waals surface area contributed by atoms with Crippen molar-refractivity contribution in [3.8, 4) is 5.75 Å². The first-order valence-corrected chi connectivity index (χ1v) is 12.3. The highest BCUT2D eigenvalue weighted by Crippen LogP contribution is 2.27. The Hall–Kier alpha value is -2.10. The number of fused-ring (bicyclic) bond motifs is 1. The molecule has 0 fully saturated rings. The minimum Gasteiger partial charge on any atom is -0.494 e. The molecule has 28 heavy (non-hydrogen) atoms. The lowest BCUT2D eigenvalue weighted by molar-refractivity contribution is 0.337. The summed E-state index contributed by atoms with van der Waals surface area (Å²) in [6.07, 6.45) is 1.78. The molecule has 9 heteroatoms. The largest absolute Gasteiger partial charge is 0.494 e. The normalized spacial score (nSPS) is 15.1. The molecule has 1 aliphatic heterocycles. The molecule has 0 aliphatic carbocycles. The highest BCUT2D eigenvalue weighted by Gasteiger charge is 2.24. The SMILES string of the molecule is CCOc1ccc(S(=O)(=O)Nc2ccc3c(c2)CN(S(C)(=O)=O)CC3)cc1C. The van der Waals surface area contributed by atoms with Crippen LogP contribution in [0.25, 0.3) is 0 Å². The average Bonchev–Trinajstić information content (AvgIpc) is 2.62. The monoisotopic (exact) mass is 424 g/mol. The van der Waals surface area contributed by atoms with E-state index in [4.69, 9.17) is 4.74 Å². The highest BCUT2D eigenvalue weighted by atomic mass is 32.2. The number of aryl methyl sites for hydroxylation is 1. The maximum Gasteiger partial charge on any atom is 0.261 e. The molecular weight excluding hydrogens is 400 g/mol. The van der Waals surface area contributed by atoms with Gasteiger partial charge in [-0.15, -0.1) is 0 Å².